The molecule has 1 aliphatic heterocycles. The van der Waals surface area contributed by atoms with E-state index in [2.05, 4.69) is 10.6 Å². The monoisotopic (exact) mass is 436 g/mol. The Balaban J connectivity index is 1.44. The number of benzene rings is 3. The van der Waals surface area contributed by atoms with Gasteiger partial charge < -0.3 is 15.5 Å². The Labute approximate surface area is 184 Å². The van der Waals surface area contributed by atoms with Crippen molar-refractivity contribution in [3.05, 3.63) is 90.0 Å². The number of para-hydroxylation sites is 1. The van der Waals surface area contributed by atoms with Gasteiger partial charge in [-0.3, -0.25) is 4.90 Å². The van der Waals surface area contributed by atoms with Crippen molar-refractivity contribution in [2.45, 2.75) is 13.0 Å². The minimum absolute atomic E-state index is 0.113. The number of hydrogen-bond acceptors (Lipinski definition) is 2. The molecule has 0 saturated carbocycles. The number of halogens is 2. The summed E-state index contributed by atoms with van der Waals surface area (Å²) in [7, 11) is 0. The van der Waals surface area contributed by atoms with Crippen molar-refractivity contribution in [3.63, 3.8) is 0 Å². The highest BCUT2D eigenvalue weighted by Crippen LogP contribution is 2.25. The van der Waals surface area contributed by atoms with Crippen LogP contribution in [0.25, 0.3) is 0 Å². The van der Waals surface area contributed by atoms with E-state index in [1.807, 2.05) is 18.2 Å². The fourth-order valence-corrected chi connectivity index (χ4v) is 3.66. The number of urea groups is 2. The molecule has 2 N–H and O–H groups in total. The molecular formula is C24H22F2N4O2. The predicted octanol–water partition coefficient (Wildman–Crippen LogP) is 5.44. The summed E-state index contributed by atoms with van der Waals surface area (Å²) in [6.45, 7) is 1.11. The largest absolute Gasteiger partial charge is 0.324 e. The lowest BCUT2D eigenvalue weighted by Gasteiger charge is -2.36. The van der Waals surface area contributed by atoms with E-state index in [1.54, 1.807) is 46.2 Å². The van der Waals surface area contributed by atoms with Gasteiger partial charge in [0.2, 0.25) is 0 Å². The molecule has 6 nitrogen and oxygen atoms in total. The van der Waals surface area contributed by atoms with E-state index in [9.17, 15) is 18.4 Å². The first-order valence-electron chi connectivity index (χ1n) is 10.2. The van der Waals surface area contributed by atoms with E-state index in [1.165, 1.54) is 12.1 Å². The van der Waals surface area contributed by atoms with Crippen molar-refractivity contribution in [3.8, 4) is 0 Å². The highest BCUT2D eigenvalue weighted by molar-refractivity contribution is 6.00. The fraction of sp³-hybridized carbons (Fsp3) is 0.167. The summed E-state index contributed by atoms with van der Waals surface area (Å²) in [6, 6.07) is 18.6. The molecular weight excluding hydrogens is 414 g/mol. The van der Waals surface area contributed by atoms with Crippen LogP contribution in [0.5, 0.6) is 0 Å². The van der Waals surface area contributed by atoms with Crippen LogP contribution in [0.2, 0.25) is 0 Å². The summed E-state index contributed by atoms with van der Waals surface area (Å²) in [5, 5.41) is 5.50. The van der Waals surface area contributed by atoms with Gasteiger partial charge in [-0.15, -0.1) is 0 Å². The molecule has 0 atom stereocenters. The van der Waals surface area contributed by atoms with Crippen LogP contribution in [0.4, 0.5) is 35.4 Å². The van der Waals surface area contributed by atoms with E-state index in [0.717, 1.165) is 6.07 Å². The Kier molecular flexibility index (Phi) is 6.30. The second-order valence-corrected chi connectivity index (χ2v) is 7.48. The van der Waals surface area contributed by atoms with Gasteiger partial charge in [-0.1, -0.05) is 24.3 Å². The second-order valence-electron chi connectivity index (χ2n) is 7.48. The molecule has 164 valence electrons. The molecule has 0 aliphatic carbocycles. The first-order chi connectivity index (χ1) is 15.5. The Hall–Kier alpha value is -3.94. The van der Waals surface area contributed by atoms with Crippen molar-refractivity contribution in [1.29, 1.82) is 0 Å². The molecule has 32 heavy (non-hydrogen) atoms. The van der Waals surface area contributed by atoms with Crippen LogP contribution in [0.3, 0.4) is 0 Å². The van der Waals surface area contributed by atoms with Gasteiger partial charge in [0.15, 0.2) is 0 Å². The summed E-state index contributed by atoms with van der Waals surface area (Å²) < 4.78 is 27.0. The van der Waals surface area contributed by atoms with Crippen LogP contribution >= 0.6 is 0 Å². The molecule has 0 aromatic heterocycles. The van der Waals surface area contributed by atoms with Crippen LogP contribution in [0.15, 0.2) is 72.8 Å². The molecule has 1 aliphatic rings. The Bertz CT molecular complexity index is 1100. The molecule has 3 aromatic carbocycles. The number of hydrogen-bond donors (Lipinski definition) is 2. The molecule has 0 unspecified atom stereocenters. The average molecular weight is 436 g/mol. The van der Waals surface area contributed by atoms with Gasteiger partial charge in [-0.05, 0) is 54.4 Å². The first-order valence-corrected chi connectivity index (χ1v) is 10.2. The molecule has 8 heteroatoms. The normalized spacial score (nSPS) is 13.8. The van der Waals surface area contributed by atoms with E-state index in [4.69, 9.17) is 0 Å². The molecule has 0 radical (unpaired) electrons. The minimum Gasteiger partial charge on any atom is -0.320 e. The van der Waals surface area contributed by atoms with Gasteiger partial charge in [-0.2, -0.15) is 0 Å². The molecule has 4 rings (SSSR count). The Morgan fingerprint density at radius 3 is 2.28 bits per heavy atom. The average Bonchev–Trinajstić information content (AvgIpc) is 2.75. The number of carbonyl (C=O) groups excluding carboxylic acids is 2. The fourth-order valence-electron chi connectivity index (χ4n) is 3.66. The van der Waals surface area contributed by atoms with E-state index < -0.39 is 17.7 Å². The number of anilines is 3. The Morgan fingerprint density at radius 2 is 1.53 bits per heavy atom. The van der Waals surface area contributed by atoms with Gasteiger partial charge in [0, 0.05) is 42.8 Å². The maximum absolute atomic E-state index is 13.5. The number of carbonyl (C=O) groups is 2. The highest BCUT2D eigenvalue weighted by Gasteiger charge is 2.27. The molecule has 1 saturated heterocycles. The molecule has 1 fully saturated rings. The SMILES string of the molecule is O=C(Nc1ccccc1)Nc1cccc(N2CCCN(Cc3cc(F)cc(F)c3)C2=O)c1. The summed E-state index contributed by atoms with van der Waals surface area (Å²) in [5.41, 5.74) is 2.22. The third-order valence-corrected chi connectivity index (χ3v) is 5.05. The van der Waals surface area contributed by atoms with Crippen molar-refractivity contribution >= 4 is 29.1 Å². The van der Waals surface area contributed by atoms with Crippen LogP contribution < -0.4 is 15.5 Å². The van der Waals surface area contributed by atoms with Crippen LogP contribution in [0.1, 0.15) is 12.0 Å². The zero-order valence-corrected chi connectivity index (χ0v) is 17.2. The Morgan fingerprint density at radius 1 is 0.844 bits per heavy atom. The van der Waals surface area contributed by atoms with Gasteiger partial charge >= 0.3 is 12.1 Å². The predicted molar refractivity (Wildman–Crippen MR) is 120 cm³/mol. The van der Waals surface area contributed by atoms with Gasteiger partial charge in [-0.25, -0.2) is 18.4 Å². The van der Waals surface area contributed by atoms with E-state index >= 15 is 0 Å². The van der Waals surface area contributed by atoms with Crippen LogP contribution in [-0.4, -0.2) is 30.1 Å². The maximum Gasteiger partial charge on any atom is 0.324 e. The molecule has 0 spiro atoms. The molecule has 0 bridgehead atoms. The lowest BCUT2D eigenvalue weighted by Crippen LogP contribution is -2.49. The summed E-state index contributed by atoms with van der Waals surface area (Å²) in [5.74, 6) is -1.34. The zero-order chi connectivity index (χ0) is 22.5. The second kappa shape index (κ2) is 9.47. The van der Waals surface area contributed by atoms with Gasteiger partial charge in [0.05, 0.1) is 0 Å². The number of amides is 4. The zero-order valence-electron chi connectivity index (χ0n) is 17.2. The van der Waals surface area contributed by atoms with E-state index in [0.29, 0.717) is 42.1 Å². The number of nitrogens with one attached hydrogen (secondary N) is 2. The molecule has 3 aromatic rings. The molecule has 4 amide bonds. The minimum atomic E-state index is -0.672. The summed E-state index contributed by atoms with van der Waals surface area (Å²) in [6.07, 6.45) is 0.704. The number of rotatable bonds is 5. The number of nitrogens with zero attached hydrogens (tertiary/aromatic N) is 2. The third-order valence-electron chi connectivity index (χ3n) is 5.05. The first kappa shape index (κ1) is 21.3. The van der Waals surface area contributed by atoms with Gasteiger partial charge in [0.25, 0.3) is 0 Å². The van der Waals surface area contributed by atoms with Gasteiger partial charge in [0.1, 0.15) is 11.6 Å². The van der Waals surface area contributed by atoms with Crippen molar-refractivity contribution in [2.75, 3.05) is 28.6 Å². The van der Waals surface area contributed by atoms with Crippen molar-refractivity contribution < 1.29 is 18.4 Å². The smallest absolute Gasteiger partial charge is 0.320 e. The van der Waals surface area contributed by atoms with Crippen LogP contribution in [-0.2, 0) is 6.54 Å². The standard InChI is InChI=1S/C24H22F2N4O2/c25-18-12-17(13-19(26)14-18)16-29-10-5-11-30(24(29)32)22-9-4-8-21(15-22)28-23(31)27-20-6-2-1-3-7-20/h1-4,6-9,12-15H,5,10-11,16H2,(H2,27,28,31). The van der Waals surface area contributed by atoms with E-state index in [-0.39, 0.29) is 12.6 Å². The van der Waals surface area contributed by atoms with Crippen molar-refractivity contribution in [1.82, 2.24) is 4.90 Å². The molecule has 1 heterocycles. The van der Waals surface area contributed by atoms with Crippen LogP contribution in [0, 0.1) is 11.6 Å². The van der Waals surface area contributed by atoms with Crippen molar-refractivity contribution in [2.24, 2.45) is 0 Å². The quantitative estimate of drug-likeness (QED) is 0.559. The highest BCUT2D eigenvalue weighted by atomic mass is 19.1. The lowest BCUT2D eigenvalue weighted by molar-refractivity contribution is 0.192. The lowest BCUT2D eigenvalue weighted by atomic mass is 10.1. The summed E-state index contributed by atoms with van der Waals surface area (Å²) in [4.78, 5) is 28.5. The summed E-state index contributed by atoms with van der Waals surface area (Å²) >= 11 is 0. The topological polar surface area (TPSA) is 64.7 Å². The third kappa shape index (κ3) is 5.21. The maximum atomic E-state index is 13.5.